The lowest BCUT2D eigenvalue weighted by atomic mass is 10.2. The molecule has 0 aliphatic carbocycles. The van der Waals surface area contributed by atoms with Crippen LogP contribution in [0, 0.1) is 0 Å². The molecular weight excluding hydrogens is 137 g/mol. The second kappa shape index (κ2) is 3.51. The average molecular weight is 149 g/mol. The summed E-state index contributed by atoms with van der Waals surface area (Å²) < 4.78 is 12.6. The highest BCUT2D eigenvalue weighted by Crippen LogP contribution is 2.04. The van der Waals surface area contributed by atoms with Crippen LogP contribution >= 0.6 is 0 Å². The first-order valence-corrected chi connectivity index (χ1v) is 3.03. The molecule has 0 aliphatic rings. The molecule has 0 unspecified atom stereocenters. The lowest BCUT2D eigenvalue weighted by Gasteiger charge is -2.13. The van der Waals surface area contributed by atoms with Crippen LogP contribution in [0.25, 0.3) is 0 Å². The molecular formula is C6H12FNO2. The third kappa shape index (κ3) is 7.36. The molecule has 0 saturated heterocycles. The van der Waals surface area contributed by atoms with E-state index in [1.807, 2.05) is 0 Å². The Kier molecular flexibility index (Phi) is 3.28. The van der Waals surface area contributed by atoms with Crippen LogP contribution in [0.4, 0.5) is 4.39 Å². The fourth-order valence-electron chi connectivity index (χ4n) is 0.467. The summed E-state index contributed by atoms with van der Waals surface area (Å²) in [7, 11) is 0. The van der Waals surface area contributed by atoms with Crippen LogP contribution in [-0.2, 0) is 4.79 Å². The molecule has 10 heavy (non-hydrogen) atoms. The Morgan fingerprint density at radius 3 is 2.50 bits per heavy atom. The molecule has 2 N–H and O–H groups in total. The summed E-state index contributed by atoms with van der Waals surface area (Å²) in [5.74, 6) is -0.968. The van der Waals surface area contributed by atoms with E-state index in [2.05, 4.69) is 5.32 Å². The van der Waals surface area contributed by atoms with Gasteiger partial charge >= 0.3 is 5.97 Å². The molecule has 0 atom stereocenters. The molecule has 0 fully saturated rings. The first-order chi connectivity index (χ1) is 4.42. The summed E-state index contributed by atoms with van der Waals surface area (Å²) >= 11 is 0. The number of nitrogens with one attached hydrogen (secondary N) is 1. The lowest BCUT2D eigenvalue weighted by molar-refractivity contribution is -0.136. The molecule has 0 amide bonds. The Labute approximate surface area is 59.2 Å². The van der Waals surface area contributed by atoms with Crippen molar-refractivity contribution in [3.05, 3.63) is 0 Å². The summed E-state index contributed by atoms with van der Waals surface area (Å²) in [5, 5.41) is 10.6. The Morgan fingerprint density at radius 1 is 1.70 bits per heavy atom. The maximum atomic E-state index is 12.6. The van der Waals surface area contributed by atoms with Crippen molar-refractivity contribution in [3.63, 3.8) is 0 Å². The molecule has 0 aromatic heterocycles. The molecule has 0 aromatic rings. The van der Waals surface area contributed by atoms with Gasteiger partial charge in [-0.15, -0.1) is 0 Å². The van der Waals surface area contributed by atoms with Crippen LogP contribution in [0.15, 0.2) is 0 Å². The van der Waals surface area contributed by atoms with E-state index >= 15 is 0 Å². The highest BCUT2D eigenvalue weighted by Gasteiger charge is 2.14. The van der Waals surface area contributed by atoms with Gasteiger partial charge in [-0.05, 0) is 13.8 Å². The van der Waals surface area contributed by atoms with Crippen molar-refractivity contribution in [1.82, 2.24) is 5.32 Å². The highest BCUT2D eigenvalue weighted by atomic mass is 19.1. The Balaban J connectivity index is 3.29. The molecule has 0 rings (SSSR count). The number of carboxylic acids is 1. The van der Waals surface area contributed by atoms with Crippen molar-refractivity contribution in [1.29, 1.82) is 0 Å². The second-order valence-electron chi connectivity index (χ2n) is 2.72. The SMILES string of the molecule is CC(C)(F)CNCC(=O)O. The van der Waals surface area contributed by atoms with Crippen LogP contribution in [0.3, 0.4) is 0 Å². The van der Waals surface area contributed by atoms with Gasteiger partial charge in [0, 0.05) is 6.54 Å². The van der Waals surface area contributed by atoms with Gasteiger partial charge in [-0.2, -0.15) is 0 Å². The minimum absolute atomic E-state index is 0.0688. The topological polar surface area (TPSA) is 49.3 Å². The number of alkyl halides is 1. The molecule has 0 aromatic carbocycles. The smallest absolute Gasteiger partial charge is 0.317 e. The predicted octanol–water partition coefficient (Wildman–Crippen LogP) is 0.409. The maximum Gasteiger partial charge on any atom is 0.317 e. The van der Waals surface area contributed by atoms with Crippen molar-refractivity contribution in [2.24, 2.45) is 0 Å². The summed E-state index contributed by atoms with van der Waals surface area (Å²) in [5.41, 5.74) is -1.34. The van der Waals surface area contributed by atoms with E-state index in [9.17, 15) is 9.18 Å². The van der Waals surface area contributed by atoms with E-state index in [1.165, 1.54) is 13.8 Å². The predicted molar refractivity (Wildman–Crippen MR) is 35.7 cm³/mol. The van der Waals surface area contributed by atoms with Gasteiger partial charge in [-0.25, -0.2) is 4.39 Å². The van der Waals surface area contributed by atoms with E-state index in [0.29, 0.717) is 0 Å². The van der Waals surface area contributed by atoms with Crippen molar-refractivity contribution < 1.29 is 14.3 Å². The van der Waals surface area contributed by atoms with Crippen LogP contribution < -0.4 is 5.32 Å². The minimum atomic E-state index is -1.34. The highest BCUT2D eigenvalue weighted by molar-refractivity contribution is 5.68. The third-order valence-corrected chi connectivity index (χ3v) is 0.822. The van der Waals surface area contributed by atoms with Gasteiger partial charge in [0.05, 0.1) is 6.54 Å². The Morgan fingerprint density at radius 2 is 2.20 bits per heavy atom. The number of rotatable bonds is 4. The Bertz CT molecular complexity index is 119. The lowest BCUT2D eigenvalue weighted by Crippen LogP contribution is -2.34. The molecule has 0 bridgehead atoms. The number of carbonyl (C=O) groups is 1. The first kappa shape index (κ1) is 9.36. The zero-order valence-corrected chi connectivity index (χ0v) is 6.15. The van der Waals surface area contributed by atoms with Gasteiger partial charge in [0.1, 0.15) is 5.67 Å². The summed E-state index contributed by atoms with van der Waals surface area (Å²) in [6.45, 7) is 2.66. The van der Waals surface area contributed by atoms with Crippen molar-refractivity contribution >= 4 is 5.97 Å². The fraction of sp³-hybridized carbons (Fsp3) is 0.833. The molecule has 60 valence electrons. The van der Waals surface area contributed by atoms with Gasteiger partial charge in [0.2, 0.25) is 0 Å². The van der Waals surface area contributed by atoms with Crippen LogP contribution in [-0.4, -0.2) is 29.8 Å². The third-order valence-electron chi connectivity index (χ3n) is 0.822. The number of halogens is 1. The summed E-state index contributed by atoms with van der Waals surface area (Å²) in [6, 6.07) is 0. The van der Waals surface area contributed by atoms with E-state index in [-0.39, 0.29) is 13.1 Å². The average Bonchev–Trinajstić information content (AvgIpc) is 1.59. The molecule has 0 aliphatic heterocycles. The number of aliphatic carboxylic acids is 1. The Hall–Kier alpha value is -0.640. The molecule has 0 saturated carbocycles. The maximum absolute atomic E-state index is 12.6. The summed E-state index contributed by atoms with van der Waals surface area (Å²) in [6.07, 6.45) is 0. The van der Waals surface area contributed by atoms with Gasteiger partial charge in [-0.3, -0.25) is 4.79 Å². The molecule has 3 nitrogen and oxygen atoms in total. The van der Waals surface area contributed by atoms with Gasteiger partial charge < -0.3 is 10.4 Å². The normalized spacial score (nSPS) is 11.5. The van der Waals surface area contributed by atoms with E-state index in [4.69, 9.17) is 5.11 Å². The van der Waals surface area contributed by atoms with E-state index in [0.717, 1.165) is 0 Å². The second-order valence-corrected chi connectivity index (χ2v) is 2.72. The molecule has 0 radical (unpaired) electrons. The zero-order valence-electron chi connectivity index (χ0n) is 6.15. The van der Waals surface area contributed by atoms with Gasteiger partial charge in [-0.1, -0.05) is 0 Å². The number of carboxylic acid groups (broad SMARTS) is 1. The molecule has 4 heteroatoms. The quantitative estimate of drug-likeness (QED) is 0.608. The summed E-state index contributed by atoms with van der Waals surface area (Å²) in [4.78, 5) is 9.90. The van der Waals surface area contributed by atoms with Crippen LogP contribution in [0.1, 0.15) is 13.8 Å². The van der Waals surface area contributed by atoms with Crippen molar-refractivity contribution in [2.75, 3.05) is 13.1 Å². The fourth-order valence-corrected chi connectivity index (χ4v) is 0.467. The van der Waals surface area contributed by atoms with Gasteiger partial charge in [0.25, 0.3) is 0 Å². The van der Waals surface area contributed by atoms with Crippen LogP contribution in [0.5, 0.6) is 0 Å². The molecule has 0 heterocycles. The van der Waals surface area contributed by atoms with Crippen molar-refractivity contribution in [2.45, 2.75) is 19.5 Å². The number of hydrogen-bond donors (Lipinski definition) is 2. The van der Waals surface area contributed by atoms with E-state index in [1.54, 1.807) is 0 Å². The molecule has 0 spiro atoms. The monoisotopic (exact) mass is 149 g/mol. The zero-order chi connectivity index (χ0) is 8.20. The largest absolute Gasteiger partial charge is 0.480 e. The minimum Gasteiger partial charge on any atom is -0.480 e. The van der Waals surface area contributed by atoms with Crippen molar-refractivity contribution in [3.8, 4) is 0 Å². The van der Waals surface area contributed by atoms with E-state index < -0.39 is 11.6 Å². The number of hydrogen-bond acceptors (Lipinski definition) is 2. The van der Waals surface area contributed by atoms with Crippen LogP contribution in [0.2, 0.25) is 0 Å². The van der Waals surface area contributed by atoms with Gasteiger partial charge in [0.15, 0.2) is 0 Å². The first-order valence-electron chi connectivity index (χ1n) is 3.03. The standard InChI is InChI=1S/C6H12FNO2/c1-6(2,7)4-8-3-5(9)10/h8H,3-4H2,1-2H3,(H,9,10).